The van der Waals surface area contributed by atoms with E-state index < -0.39 is 21.7 Å². The Balaban J connectivity index is 2.79. The topological polar surface area (TPSA) is 52.6 Å². The van der Waals surface area contributed by atoms with E-state index in [2.05, 4.69) is 4.18 Å². The van der Waals surface area contributed by atoms with Crippen LogP contribution in [-0.4, -0.2) is 26.6 Å². The molecule has 4 nitrogen and oxygen atoms in total. The van der Waals surface area contributed by atoms with Gasteiger partial charge < -0.3 is 8.92 Å². The average Bonchev–Trinajstić information content (AvgIpc) is 2.12. The van der Waals surface area contributed by atoms with Crippen molar-refractivity contribution in [1.82, 2.24) is 0 Å². The summed E-state index contributed by atoms with van der Waals surface area (Å²) in [6.07, 6.45) is 1.44. The minimum atomic E-state index is -5.59. The highest BCUT2D eigenvalue weighted by molar-refractivity contribution is 7.87. The molecular weight excluding hydrogens is 285 g/mol. The van der Waals surface area contributed by atoms with Crippen molar-refractivity contribution in [3.63, 3.8) is 0 Å². The molecular formula is C11H17F3O4S. The molecule has 1 heterocycles. The van der Waals surface area contributed by atoms with E-state index in [4.69, 9.17) is 4.74 Å². The number of halogens is 3. The lowest BCUT2D eigenvalue weighted by molar-refractivity contribution is -0.0532. The van der Waals surface area contributed by atoms with Crippen LogP contribution in [0.15, 0.2) is 11.8 Å². The van der Waals surface area contributed by atoms with Gasteiger partial charge >= 0.3 is 15.6 Å². The Hall–Kier alpha value is -0.760. The Labute approximate surface area is 110 Å². The van der Waals surface area contributed by atoms with Crippen LogP contribution in [0.25, 0.3) is 0 Å². The second kappa shape index (κ2) is 5.32. The molecule has 1 aliphatic rings. The van der Waals surface area contributed by atoms with Gasteiger partial charge in [-0.15, -0.1) is 0 Å². The van der Waals surface area contributed by atoms with Gasteiger partial charge in [0.05, 0.1) is 12.7 Å². The van der Waals surface area contributed by atoms with E-state index in [1.54, 1.807) is 0 Å². The van der Waals surface area contributed by atoms with Crippen LogP contribution < -0.4 is 0 Å². The SMILES string of the molecule is CC(C)(C)CC1C=C(OS(=O)(=O)C(F)(F)F)CCO1. The highest BCUT2D eigenvalue weighted by Gasteiger charge is 2.49. The van der Waals surface area contributed by atoms with Crippen LogP contribution in [0.1, 0.15) is 33.6 Å². The predicted octanol–water partition coefficient (Wildman–Crippen LogP) is 2.96. The van der Waals surface area contributed by atoms with Gasteiger partial charge in [-0.05, 0) is 17.9 Å². The largest absolute Gasteiger partial charge is 0.534 e. The Morgan fingerprint density at radius 3 is 2.42 bits per heavy atom. The quantitative estimate of drug-likeness (QED) is 0.594. The zero-order valence-electron chi connectivity index (χ0n) is 11.0. The molecule has 0 saturated carbocycles. The minimum Gasteiger partial charge on any atom is -0.381 e. The van der Waals surface area contributed by atoms with Crippen molar-refractivity contribution in [2.24, 2.45) is 5.41 Å². The number of hydrogen-bond acceptors (Lipinski definition) is 4. The van der Waals surface area contributed by atoms with E-state index in [1.807, 2.05) is 20.8 Å². The zero-order chi connectivity index (χ0) is 14.9. The fourth-order valence-electron chi connectivity index (χ4n) is 1.63. The van der Waals surface area contributed by atoms with Gasteiger partial charge in [-0.2, -0.15) is 21.6 Å². The molecule has 1 aliphatic heterocycles. The summed E-state index contributed by atoms with van der Waals surface area (Å²) in [7, 11) is -5.59. The molecule has 0 spiro atoms. The van der Waals surface area contributed by atoms with Gasteiger partial charge in [-0.25, -0.2) is 0 Å². The molecule has 1 unspecified atom stereocenters. The molecule has 0 aliphatic carbocycles. The molecule has 112 valence electrons. The first-order valence-corrected chi connectivity index (χ1v) is 7.15. The normalized spacial score (nSPS) is 22.0. The number of hydrogen-bond donors (Lipinski definition) is 0. The summed E-state index contributed by atoms with van der Waals surface area (Å²) in [5, 5.41) is 0. The van der Waals surface area contributed by atoms with Crippen LogP contribution in [0.2, 0.25) is 0 Å². The van der Waals surface area contributed by atoms with E-state index in [9.17, 15) is 21.6 Å². The van der Waals surface area contributed by atoms with Crippen molar-refractivity contribution >= 4 is 10.1 Å². The summed E-state index contributed by atoms with van der Waals surface area (Å²) in [6.45, 7) is 5.99. The third-order valence-corrected chi connectivity index (χ3v) is 3.37. The molecule has 8 heteroatoms. The molecule has 0 aromatic carbocycles. The van der Waals surface area contributed by atoms with Crippen LogP contribution in [0.4, 0.5) is 13.2 Å². The molecule has 0 amide bonds. The highest BCUT2D eigenvalue weighted by Crippen LogP contribution is 2.31. The van der Waals surface area contributed by atoms with Gasteiger partial charge in [0.2, 0.25) is 0 Å². The summed E-state index contributed by atoms with van der Waals surface area (Å²) in [5.74, 6) is -0.210. The monoisotopic (exact) mass is 302 g/mol. The molecule has 0 fully saturated rings. The minimum absolute atomic E-state index is 0.00987. The van der Waals surface area contributed by atoms with E-state index in [-0.39, 0.29) is 24.2 Å². The molecule has 19 heavy (non-hydrogen) atoms. The van der Waals surface area contributed by atoms with Crippen LogP contribution in [0.3, 0.4) is 0 Å². The lowest BCUT2D eigenvalue weighted by atomic mass is 9.88. The van der Waals surface area contributed by atoms with Crippen LogP contribution in [0.5, 0.6) is 0 Å². The molecule has 1 rings (SSSR count). The first kappa shape index (κ1) is 16.3. The maximum absolute atomic E-state index is 12.2. The van der Waals surface area contributed by atoms with Crippen LogP contribution in [0, 0.1) is 5.41 Å². The summed E-state index contributed by atoms with van der Waals surface area (Å²) >= 11 is 0. The molecule has 0 aromatic rings. The predicted molar refractivity (Wildman–Crippen MR) is 62.6 cm³/mol. The van der Waals surface area contributed by atoms with Crippen molar-refractivity contribution in [2.45, 2.75) is 45.2 Å². The van der Waals surface area contributed by atoms with Gasteiger partial charge in [0.1, 0.15) is 5.76 Å². The maximum atomic E-state index is 12.2. The first-order valence-electron chi connectivity index (χ1n) is 5.74. The van der Waals surface area contributed by atoms with Crippen molar-refractivity contribution in [3.05, 3.63) is 11.8 Å². The third kappa shape index (κ3) is 5.02. The molecule has 0 aromatic heterocycles. The second-order valence-corrected chi connectivity index (χ2v) is 7.08. The smallest absolute Gasteiger partial charge is 0.381 e. The summed E-state index contributed by atoms with van der Waals surface area (Å²) in [4.78, 5) is 0. The van der Waals surface area contributed by atoms with Crippen molar-refractivity contribution < 1.29 is 30.5 Å². The van der Waals surface area contributed by atoms with Crippen molar-refractivity contribution in [2.75, 3.05) is 6.61 Å². The van der Waals surface area contributed by atoms with Gasteiger partial charge in [0.25, 0.3) is 0 Å². The van der Waals surface area contributed by atoms with Crippen molar-refractivity contribution in [3.8, 4) is 0 Å². The Morgan fingerprint density at radius 2 is 1.95 bits per heavy atom. The van der Waals surface area contributed by atoms with Gasteiger partial charge in [0.15, 0.2) is 0 Å². The fourth-order valence-corrected chi connectivity index (χ4v) is 2.14. The van der Waals surface area contributed by atoms with Crippen LogP contribution >= 0.6 is 0 Å². The van der Waals surface area contributed by atoms with E-state index >= 15 is 0 Å². The fraction of sp³-hybridized carbons (Fsp3) is 0.818. The first-order chi connectivity index (χ1) is 8.41. The molecule has 0 N–H and O–H groups in total. The van der Waals surface area contributed by atoms with E-state index in [0.717, 1.165) is 0 Å². The lowest BCUT2D eigenvalue weighted by Gasteiger charge is -2.27. The standard InChI is InChI=1S/C11H17F3O4S/c1-10(2,3)7-9-6-8(4-5-17-9)18-19(15,16)11(12,13)14/h6,9H,4-5,7H2,1-3H3. The second-order valence-electron chi connectivity index (χ2n) is 5.54. The maximum Gasteiger partial charge on any atom is 0.534 e. The summed E-state index contributed by atoms with van der Waals surface area (Å²) in [5.41, 5.74) is -5.50. The number of ether oxygens (including phenoxy) is 1. The Bertz CT molecular complexity index is 446. The summed E-state index contributed by atoms with van der Waals surface area (Å²) < 4.78 is 67.8. The number of alkyl halides is 3. The molecule has 0 radical (unpaired) electrons. The lowest BCUT2D eigenvalue weighted by Crippen LogP contribution is -2.28. The van der Waals surface area contributed by atoms with E-state index in [1.165, 1.54) is 6.08 Å². The molecule has 1 atom stereocenters. The van der Waals surface area contributed by atoms with Gasteiger partial charge in [0, 0.05) is 6.42 Å². The number of rotatable bonds is 3. The average molecular weight is 302 g/mol. The Kier molecular flexibility index (Phi) is 4.56. The van der Waals surface area contributed by atoms with Crippen molar-refractivity contribution in [1.29, 1.82) is 0 Å². The van der Waals surface area contributed by atoms with Gasteiger partial charge in [-0.3, -0.25) is 0 Å². The third-order valence-electron chi connectivity index (χ3n) is 2.37. The Morgan fingerprint density at radius 1 is 1.37 bits per heavy atom. The summed E-state index contributed by atoms with van der Waals surface area (Å²) in [6, 6.07) is 0. The van der Waals surface area contributed by atoms with E-state index in [0.29, 0.717) is 6.42 Å². The van der Waals surface area contributed by atoms with Crippen LogP contribution in [-0.2, 0) is 19.0 Å². The highest BCUT2D eigenvalue weighted by atomic mass is 32.2. The van der Waals surface area contributed by atoms with Gasteiger partial charge in [-0.1, -0.05) is 20.8 Å². The zero-order valence-corrected chi connectivity index (χ0v) is 11.8. The molecule has 0 saturated heterocycles. The molecule has 0 bridgehead atoms.